The normalized spacial score (nSPS) is 10.9. The Labute approximate surface area is 227 Å². The first-order valence-corrected chi connectivity index (χ1v) is 13.8. The molecule has 0 bridgehead atoms. The van der Waals surface area contributed by atoms with Gasteiger partial charge in [-0.1, -0.05) is 78.5 Å². The summed E-state index contributed by atoms with van der Waals surface area (Å²) < 4.78 is 21.6. The fraction of sp³-hybridized carbons (Fsp3) is 0.300. The van der Waals surface area contributed by atoms with Crippen molar-refractivity contribution in [3.63, 3.8) is 0 Å². The molecular weight excluding hydrogens is 499 g/mol. The molecule has 0 atom stereocenters. The summed E-state index contributed by atoms with van der Waals surface area (Å²) in [6.07, 6.45) is 3.60. The van der Waals surface area contributed by atoms with E-state index >= 15 is 0 Å². The lowest BCUT2D eigenvalue weighted by molar-refractivity contribution is -0.121. The molecule has 0 aliphatic heterocycles. The predicted molar refractivity (Wildman–Crippen MR) is 149 cm³/mol. The molecular formula is C30H33FN4O2S. The Morgan fingerprint density at radius 3 is 2.45 bits per heavy atom. The molecule has 198 valence electrons. The van der Waals surface area contributed by atoms with Gasteiger partial charge in [-0.3, -0.25) is 4.79 Å². The van der Waals surface area contributed by atoms with Crippen LogP contribution in [0.5, 0.6) is 5.75 Å². The van der Waals surface area contributed by atoms with Crippen LogP contribution in [0.4, 0.5) is 4.39 Å². The summed E-state index contributed by atoms with van der Waals surface area (Å²) >= 11 is 1.50. The second-order valence-electron chi connectivity index (χ2n) is 8.96. The maximum absolute atomic E-state index is 14.1. The quantitative estimate of drug-likeness (QED) is 0.160. The van der Waals surface area contributed by atoms with Crippen molar-refractivity contribution >= 4 is 17.7 Å². The van der Waals surface area contributed by atoms with Crippen molar-refractivity contribution in [2.24, 2.45) is 0 Å². The van der Waals surface area contributed by atoms with Crippen LogP contribution in [-0.4, -0.2) is 27.8 Å². The molecule has 1 heterocycles. The number of aryl methyl sites for hydroxylation is 2. The van der Waals surface area contributed by atoms with Crippen LogP contribution in [0.25, 0.3) is 0 Å². The van der Waals surface area contributed by atoms with Gasteiger partial charge in [-0.05, 0) is 42.5 Å². The third-order valence-electron chi connectivity index (χ3n) is 6.30. The fourth-order valence-corrected chi connectivity index (χ4v) is 5.15. The number of nitrogens with one attached hydrogen (secondary N) is 1. The van der Waals surface area contributed by atoms with Gasteiger partial charge in [0, 0.05) is 37.2 Å². The van der Waals surface area contributed by atoms with Crippen molar-refractivity contribution in [1.82, 2.24) is 20.1 Å². The van der Waals surface area contributed by atoms with Crippen LogP contribution in [0, 0.1) is 5.82 Å². The van der Waals surface area contributed by atoms with Crippen molar-refractivity contribution in [3.8, 4) is 5.75 Å². The van der Waals surface area contributed by atoms with E-state index in [0.29, 0.717) is 24.3 Å². The fourth-order valence-electron chi connectivity index (χ4n) is 4.18. The van der Waals surface area contributed by atoms with Crippen LogP contribution >= 0.6 is 11.8 Å². The van der Waals surface area contributed by atoms with Crippen LogP contribution in [0.15, 0.2) is 84.0 Å². The number of amides is 1. The van der Waals surface area contributed by atoms with Gasteiger partial charge in [-0.2, -0.15) is 0 Å². The maximum Gasteiger partial charge on any atom is 0.220 e. The number of carbonyl (C=O) groups is 1. The minimum atomic E-state index is -0.209. The summed E-state index contributed by atoms with van der Waals surface area (Å²) in [5, 5.41) is 12.7. The first kappa shape index (κ1) is 27.4. The van der Waals surface area contributed by atoms with Crippen LogP contribution < -0.4 is 10.1 Å². The Bertz CT molecular complexity index is 1310. The van der Waals surface area contributed by atoms with E-state index in [4.69, 9.17) is 4.74 Å². The number of rotatable bonds is 14. The largest absolute Gasteiger partial charge is 0.496 e. The smallest absolute Gasteiger partial charge is 0.220 e. The van der Waals surface area contributed by atoms with Crippen molar-refractivity contribution < 1.29 is 13.9 Å². The van der Waals surface area contributed by atoms with Gasteiger partial charge in [0.05, 0.1) is 7.11 Å². The van der Waals surface area contributed by atoms with Gasteiger partial charge in [0.2, 0.25) is 5.91 Å². The minimum Gasteiger partial charge on any atom is -0.496 e. The Balaban J connectivity index is 1.31. The lowest BCUT2D eigenvalue weighted by Crippen LogP contribution is -2.22. The summed E-state index contributed by atoms with van der Waals surface area (Å²) in [5.74, 6) is 1.96. The number of thioether (sulfide) groups is 1. The van der Waals surface area contributed by atoms with Gasteiger partial charge in [-0.25, -0.2) is 4.39 Å². The van der Waals surface area contributed by atoms with E-state index in [1.165, 1.54) is 23.4 Å². The van der Waals surface area contributed by atoms with E-state index in [1.807, 2.05) is 48.5 Å². The first-order chi connectivity index (χ1) is 18.6. The number of nitrogens with zero attached hydrogens (tertiary/aromatic N) is 3. The number of para-hydroxylation sites is 1. The zero-order chi connectivity index (χ0) is 26.6. The van der Waals surface area contributed by atoms with Gasteiger partial charge in [0.1, 0.15) is 17.4 Å². The molecule has 0 saturated heterocycles. The van der Waals surface area contributed by atoms with Gasteiger partial charge >= 0.3 is 0 Å². The second kappa shape index (κ2) is 14.3. The molecule has 38 heavy (non-hydrogen) atoms. The van der Waals surface area contributed by atoms with E-state index in [-0.39, 0.29) is 11.7 Å². The second-order valence-corrected chi connectivity index (χ2v) is 9.90. The van der Waals surface area contributed by atoms with Gasteiger partial charge in [0.15, 0.2) is 5.16 Å². The molecule has 0 aliphatic carbocycles. The Morgan fingerprint density at radius 2 is 1.66 bits per heavy atom. The highest BCUT2D eigenvalue weighted by Crippen LogP contribution is 2.24. The van der Waals surface area contributed by atoms with Crippen molar-refractivity contribution in [2.75, 3.05) is 7.11 Å². The Morgan fingerprint density at radius 1 is 0.921 bits per heavy atom. The molecule has 3 aromatic carbocycles. The number of halogens is 1. The Hall–Kier alpha value is -3.65. The number of methoxy groups -OCH3 is 1. The van der Waals surface area contributed by atoms with E-state index in [2.05, 4.69) is 32.2 Å². The molecule has 0 aliphatic rings. The third kappa shape index (κ3) is 7.92. The summed E-state index contributed by atoms with van der Waals surface area (Å²) in [7, 11) is 1.63. The molecule has 0 unspecified atom stereocenters. The van der Waals surface area contributed by atoms with E-state index in [9.17, 15) is 9.18 Å². The maximum atomic E-state index is 14.1. The zero-order valence-corrected chi connectivity index (χ0v) is 22.4. The van der Waals surface area contributed by atoms with Crippen LogP contribution in [0.1, 0.15) is 41.8 Å². The topological polar surface area (TPSA) is 69.0 Å². The average Bonchev–Trinajstić information content (AvgIpc) is 3.34. The first-order valence-electron chi connectivity index (χ1n) is 12.8. The van der Waals surface area contributed by atoms with Crippen LogP contribution in [0.2, 0.25) is 0 Å². The van der Waals surface area contributed by atoms with Gasteiger partial charge in [0.25, 0.3) is 0 Å². The molecule has 4 aromatic rings. The predicted octanol–water partition coefficient (Wildman–Crippen LogP) is 5.99. The van der Waals surface area contributed by atoms with Crippen LogP contribution in [0.3, 0.4) is 0 Å². The molecule has 0 radical (unpaired) electrons. The zero-order valence-electron chi connectivity index (χ0n) is 21.6. The summed E-state index contributed by atoms with van der Waals surface area (Å²) in [6.45, 7) is 1.19. The lowest BCUT2D eigenvalue weighted by Gasteiger charge is -2.11. The van der Waals surface area contributed by atoms with E-state index < -0.39 is 0 Å². The van der Waals surface area contributed by atoms with Gasteiger partial charge in [-0.15, -0.1) is 10.2 Å². The molecule has 0 fully saturated rings. The number of ether oxygens (including phenoxy) is 1. The van der Waals surface area contributed by atoms with E-state index in [0.717, 1.165) is 54.5 Å². The number of aromatic nitrogens is 3. The minimum absolute atomic E-state index is 0.0163. The van der Waals surface area contributed by atoms with E-state index in [1.54, 1.807) is 19.2 Å². The number of hydrogen-bond acceptors (Lipinski definition) is 5. The summed E-state index contributed by atoms with van der Waals surface area (Å²) in [4.78, 5) is 12.4. The standard InChI is InChI=1S/C30H33FN4O2S/c1-37-27-16-8-6-13-24(27)21-32-29(36)18-10-9-17-28-33-34-30(38-22-25-14-5-7-15-26(25)31)35(28)20-19-23-11-3-2-4-12-23/h2-8,11-16H,9-10,17-22H2,1H3,(H,32,36). The van der Waals surface area contributed by atoms with Crippen LogP contribution in [-0.2, 0) is 36.5 Å². The lowest BCUT2D eigenvalue weighted by atomic mass is 10.1. The molecule has 1 aromatic heterocycles. The molecule has 1 N–H and O–H groups in total. The monoisotopic (exact) mass is 532 g/mol. The molecule has 6 nitrogen and oxygen atoms in total. The number of unbranched alkanes of at least 4 members (excludes halogenated alkanes) is 1. The van der Waals surface area contributed by atoms with Gasteiger partial charge < -0.3 is 14.6 Å². The highest BCUT2D eigenvalue weighted by atomic mass is 32.2. The molecule has 1 amide bonds. The number of benzene rings is 3. The molecule has 4 rings (SSSR count). The molecule has 0 saturated carbocycles. The van der Waals surface area contributed by atoms with Crippen molar-refractivity contribution in [3.05, 3.63) is 107 Å². The molecule has 0 spiro atoms. The number of carbonyl (C=O) groups excluding carboxylic acids is 1. The average molecular weight is 533 g/mol. The SMILES string of the molecule is COc1ccccc1CNC(=O)CCCCc1nnc(SCc2ccccc2F)n1CCc1ccccc1. The van der Waals surface area contributed by atoms with Crippen molar-refractivity contribution in [2.45, 2.75) is 56.1 Å². The highest BCUT2D eigenvalue weighted by molar-refractivity contribution is 7.98. The Kier molecular flexibility index (Phi) is 10.3. The highest BCUT2D eigenvalue weighted by Gasteiger charge is 2.14. The third-order valence-corrected chi connectivity index (χ3v) is 7.31. The van der Waals surface area contributed by atoms with Crippen molar-refractivity contribution in [1.29, 1.82) is 0 Å². The number of hydrogen-bond donors (Lipinski definition) is 1. The summed E-state index contributed by atoms with van der Waals surface area (Å²) in [6, 6.07) is 24.8. The summed E-state index contributed by atoms with van der Waals surface area (Å²) in [5.41, 5.74) is 2.84. The molecule has 8 heteroatoms.